The van der Waals surface area contributed by atoms with Crippen LogP contribution in [0, 0.1) is 0 Å². The Labute approximate surface area is 126 Å². The minimum atomic E-state index is -5.08. The summed E-state index contributed by atoms with van der Waals surface area (Å²) in [6.45, 7) is 1.03. The Morgan fingerprint density at radius 1 is 1.18 bits per heavy atom. The molecule has 0 radical (unpaired) electrons. The second-order valence-electron chi connectivity index (χ2n) is 4.01. The summed E-state index contributed by atoms with van der Waals surface area (Å²) in [4.78, 5) is 9.20. The van der Waals surface area contributed by atoms with Crippen molar-refractivity contribution in [2.45, 2.75) is 23.9 Å². The van der Waals surface area contributed by atoms with Gasteiger partial charge in [0.1, 0.15) is 0 Å². The quantitative estimate of drug-likeness (QED) is 0.676. The fourth-order valence-electron chi connectivity index (χ4n) is 1.16. The summed E-state index contributed by atoms with van der Waals surface area (Å²) in [5.41, 5.74) is 5.31. The molecular weight excluding hydrogens is 325 g/mol. The number of nitrogens with one attached hydrogen (secondary N) is 1. The first-order valence-electron chi connectivity index (χ1n) is 6.16. The number of hydrogen-bond acceptors (Lipinski definition) is 4. The number of carbonyl (C=O) groups is 1. The van der Waals surface area contributed by atoms with E-state index >= 15 is 0 Å². The van der Waals surface area contributed by atoms with Crippen LogP contribution in [-0.2, 0) is 14.8 Å². The van der Waals surface area contributed by atoms with Gasteiger partial charge in [0, 0.05) is 6.54 Å². The van der Waals surface area contributed by atoms with Crippen molar-refractivity contribution in [1.82, 2.24) is 4.72 Å². The number of halogens is 3. The Morgan fingerprint density at radius 3 is 2.09 bits per heavy atom. The summed E-state index contributed by atoms with van der Waals surface area (Å²) in [5, 5.41) is 7.12. The highest BCUT2D eigenvalue weighted by Gasteiger charge is 2.38. The molecule has 1 aromatic carbocycles. The van der Waals surface area contributed by atoms with Crippen molar-refractivity contribution in [3.05, 3.63) is 30.3 Å². The van der Waals surface area contributed by atoms with E-state index in [-0.39, 0.29) is 0 Å². The van der Waals surface area contributed by atoms with Crippen LogP contribution in [0.3, 0.4) is 0 Å². The first kappa shape index (κ1) is 20.3. The molecule has 0 saturated heterocycles. The summed E-state index contributed by atoms with van der Waals surface area (Å²) >= 11 is 0. The summed E-state index contributed by atoms with van der Waals surface area (Å²) < 4.78 is 57.6. The molecule has 0 amide bonds. The lowest BCUT2D eigenvalue weighted by Crippen LogP contribution is -2.25. The molecule has 22 heavy (non-hydrogen) atoms. The normalized spacial score (nSPS) is 11.5. The predicted octanol–water partition coefficient (Wildman–Crippen LogP) is 1.34. The van der Waals surface area contributed by atoms with Crippen molar-refractivity contribution in [3.8, 4) is 0 Å². The van der Waals surface area contributed by atoms with Gasteiger partial charge in [-0.1, -0.05) is 18.2 Å². The van der Waals surface area contributed by atoms with E-state index in [2.05, 4.69) is 4.72 Å². The number of carboxylic acid groups (broad SMARTS) is 1. The maximum atomic E-state index is 11.7. The van der Waals surface area contributed by atoms with E-state index in [0.29, 0.717) is 18.0 Å². The lowest BCUT2D eigenvalue weighted by atomic mass is 10.3. The molecule has 1 rings (SSSR count). The van der Waals surface area contributed by atoms with Gasteiger partial charge in [-0.15, -0.1) is 0 Å². The zero-order chi connectivity index (χ0) is 17.2. The van der Waals surface area contributed by atoms with Crippen LogP contribution in [0.1, 0.15) is 12.8 Å². The van der Waals surface area contributed by atoms with Crippen molar-refractivity contribution in [2.24, 2.45) is 5.73 Å². The van der Waals surface area contributed by atoms with Gasteiger partial charge < -0.3 is 10.8 Å². The average molecular weight is 342 g/mol. The van der Waals surface area contributed by atoms with Crippen LogP contribution in [0.15, 0.2) is 35.2 Å². The second kappa shape index (κ2) is 9.38. The van der Waals surface area contributed by atoms with Crippen molar-refractivity contribution in [3.63, 3.8) is 0 Å². The van der Waals surface area contributed by atoms with Crippen molar-refractivity contribution < 1.29 is 31.5 Å². The van der Waals surface area contributed by atoms with Gasteiger partial charge in [0.05, 0.1) is 4.90 Å². The van der Waals surface area contributed by atoms with Gasteiger partial charge in [-0.25, -0.2) is 17.9 Å². The lowest BCUT2D eigenvalue weighted by molar-refractivity contribution is -0.192. The maximum absolute atomic E-state index is 11.7. The Bertz CT molecular complexity index is 547. The van der Waals surface area contributed by atoms with Crippen molar-refractivity contribution in [2.75, 3.05) is 13.1 Å². The smallest absolute Gasteiger partial charge is 0.475 e. The van der Waals surface area contributed by atoms with Gasteiger partial charge in [-0.05, 0) is 31.5 Å². The van der Waals surface area contributed by atoms with E-state index < -0.39 is 22.2 Å². The zero-order valence-corrected chi connectivity index (χ0v) is 12.3. The standard InChI is InChI=1S/C10H16N2O2S.C2HF3O2/c11-8-4-5-9-12-15(13,14)10-6-2-1-3-7-10;3-2(4,5)1(6)7/h1-3,6-7,12H,4-5,8-9,11H2;(H,6,7). The van der Waals surface area contributed by atoms with Gasteiger partial charge in [-0.2, -0.15) is 13.2 Å². The summed E-state index contributed by atoms with van der Waals surface area (Å²) in [7, 11) is -3.33. The van der Waals surface area contributed by atoms with E-state index in [4.69, 9.17) is 15.6 Å². The minimum Gasteiger partial charge on any atom is -0.475 e. The molecule has 4 N–H and O–H groups in total. The Kier molecular flexibility index (Phi) is 8.68. The molecule has 0 aliphatic rings. The highest BCUT2D eigenvalue weighted by molar-refractivity contribution is 7.89. The van der Waals surface area contributed by atoms with E-state index in [1.807, 2.05) is 0 Å². The monoisotopic (exact) mass is 342 g/mol. The number of nitrogens with two attached hydrogens (primary N) is 1. The molecule has 10 heteroatoms. The SMILES string of the molecule is NCCCCNS(=O)(=O)c1ccccc1.O=C(O)C(F)(F)F. The number of carboxylic acids is 1. The summed E-state index contributed by atoms with van der Waals surface area (Å²) in [5.74, 6) is -2.76. The van der Waals surface area contributed by atoms with E-state index in [0.717, 1.165) is 12.8 Å². The second-order valence-corrected chi connectivity index (χ2v) is 5.78. The molecule has 0 aromatic heterocycles. The number of unbranched alkanes of at least 4 members (excludes halogenated alkanes) is 1. The van der Waals surface area contributed by atoms with Crippen LogP contribution < -0.4 is 10.5 Å². The molecule has 0 aliphatic carbocycles. The first-order valence-corrected chi connectivity index (χ1v) is 7.64. The van der Waals surface area contributed by atoms with E-state index in [1.165, 1.54) is 0 Å². The number of sulfonamides is 1. The van der Waals surface area contributed by atoms with Crippen LogP contribution in [0.2, 0.25) is 0 Å². The molecule has 0 saturated carbocycles. The predicted molar refractivity (Wildman–Crippen MR) is 73.6 cm³/mol. The zero-order valence-electron chi connectivity index (χ0n) is 11.5. The van der Waals surface area contributed by atoms with Gasteiger partial charge >= 0.3 is 12.1 Å². The number of benzene rings is 1. The Morgan fingerprint density at radius 2 is 1.68 bits per heavy atom. The number of alkyl halides is 3. The summed E-state index contributed by atoms with van der Waals surface area (Å²) in [6.07, 6.45) is -3.49. The molecular formula is C12H17F3N2O4S. The molecule has 0 aliphatic heterocycles. The minimum absolute atomic E-state index is 0.303. The van der Waals surface area contributed by atoms with Gasteiger partial charge in [0.2, 0.25) is 10.0 Å². The highest BCUT2D eigenvalue weighted by Crippen LogP contribution is 2.13. The number of rotatable bonds is 6. The fraction of sp³-hybridized carbons (Fsp3) is 0.417. The Hall–Kier alpha value is -1.65. The van der Waals surface area contributed by atoms with Crippen molar-refractivity contribution in [1.29, 1.82) is 0 Å². The maximum Gasteiger partial charge on any atom is 0.490 e. The topological polar surface area (TPSA) is 109 Å². The van der Waals surface area contributed by atoms with Crippen molar-refractivity contribution >= 4 is 16.0 Å². The first-order chi connectivity index (χ1) is 10.1. The molecule has 0 heterocycles. The van der Waals surface area contributed by atoms with Gasteiger partial charge in [0.25, 0.3) is 0 Å². The summed E-state index contributed by atoms with van der Waals surface area (Å²) in [6, 6.07) is 8.34. The highest BCUT2D eigenvalue weighted by atomic mass is 32.2. The van der Waals surface area contributed by atoms with E-state index in [9.17, 15) is 21.6 Å². The third-order valence-electron chi connectivity index (χ3n) is 2.22. The largest absolute Gasteiger partial charge is 0.490 e. The van der Waals surface area contributed by atoms with E-state index in [1.54, 1.807) is 30.3 Å². The number of hydrogen-bond donors (Lipinski definition) is 3. The molecule has 0 spiro atoms. The average Bonchev–Trinajstić information content (AvgIpc) is 2.44. The van der Waals surface area contributed by atoms with Gasteiger partial charge in [-0.3, -0.25) is 0 Å². The molecule has 0 unspecified atom stereocenters. The molecule has 0 bridgehead atoms. The van der Waals surface area contributed by atoms with Crippen LogP contribution in [0.25, 0.3) is 0 Å². The van der Waals surface area contributed by atoms with Crippen LogP contribution in [0.5, 0.6) is 0 Å². The number of aliphatic carboxylic acids is 1. The molecule has 6 nitrogen and oxygen atoms in total. The molecule has 126 valence electrons. The lowest BCUT2D eigenvalue weighted by Gasteiger charge is -2.05. The Balaban J connectivity index is 0.000000534. The van der Waals surface area contributed by atoms with Crippen LogP contribution in [-0.4, -0.2) is 38.8 Å². The third kappa shape index (κ3) is 8.60. The molecule has 1 aromatic rings. The third-order valence-corrected chi connectivity index (χ3v) is 3.70. The van der Waals surface area contributed by atoms with Gasteiger partial charge in [0.15, 0.2) is 0 Å². The molecule has 0 fully saturated rings. The van der Waals surface area contributed by atoms with Crippen LogP contribution >= 0.6 is 0 Å². The molecule has 0 atom stereocenters. The fourth-order valence-corrected chi connectivity index (χ4v) is 2.25. The van der Waals surface area contributed by atoms with Crippen LogP contribution in [0.4, 0.5) is 13.2 Å².